The molecule has 1 fully saturated rings. The lowest BCUT2D eigenvalue weighted by Gasteiger charge is -2.03. The molecule has 0 aliphatic heterocycles. The van der Waals surface area contributed by atoms with Gasteiger partial charge >= 0.3 is 0 Å². The Kier molecular flexibility index (Phi) is 1.88. The number of nitrogens with two attached hydrogens (primary N) is 1. The lowest BCUT2D eigenvalue weighted by Crippen LogP contribution is -1.97. The number of hydrogen-bond donors (Lipinski definition) is 1. The second-order valence-electron chi connectivity index (χ2n) is 3.77. The molecule has 15 heavy (non-hydrogen) atoms. The molecular formula is C10H12N4S. The third-order valence-corrected chi connectivity index (χ3v) is 3.33. The second kappa shape index (κ2) is 3.13. The van der Waals surface area contributed by atoms with Crippen LogP contribution in [0.15, 0.2) is 17.4 Å². The summed E-state index contributed by atoms with van der Waals surface area (Å²) in [4.78, 5) is 8.91. The van der Waals surface area contributed by atoms with Crippen molar-refractivity contribution in [3.05, 3.63) is 12.3 Å². The predicted molar refractivity (Wildman–Crippen MR) is 62.0 cm³/mol. The van der Waals surface area contributed by atoms with E-state index in [4.69, 9.17) is 5.73 Å². The average Bonchev–Trinajstić information content (AvgIpc) is 3.00. The fraction of sp³-hybridized carbons (Fsp3) is 0.400. The Hall–Kier alpha value is -1.23. The molecule has 2 aromatic heterocycles. The first kappa shape index (κ1) is 9.03. The quantitative estimate of drug-likeness (QED) is 0.787. The van der Waals surface area contributed by atoms with Crippen LogP contribution in [0.2, 0.25) is 0 Å². The van der Waals surface area contributed by atoms with Gasteiger partial charge in [0.1, 0.15) is 5.52 Å². The Labute approximate surface area is 91.9 Å². The normalized spacial score (nSPS) is 16.1. The van der Waals surface area contributed by atoms with Crippen molar-refractivity contribution in [3.63, 3.8) is 0 Å². The zero-order valence-corrected chi connectivity index (χ0v) is 9.29. The molecule has 78 valence electrons. The van der Waals surface area contributed by atoms with Crippen LogP contribution in [-0.4, -0.2) is 20.8 Å². The molecule has 1 aliphatic carbocycles. The fourth-order valence-electron chi connectivity index (χ4n) is 1.79. The molecule has 4 nitrogen and oxygen atoms in total. The van der Waals surface area contributed by atoms with Crippen molar-refractivity contribution in [3.8, 4) is 0 Å². The van der Waals surface area contributed by atoms with E-state index in [0.717, 1.165) is 22.0 Å². The molecule has 3 rings (SSSR count). The topological polar surface area (TPSA) is 56.7 Å². The number of fused-ring (bicyclic) bond motifs is 1. The maximum Gasteiger partial charge on any atom is 0.170 e. The molecule has 5 heteroatoms. The molecule has 0 saturated heterocycles. The van der Waals surface area contributed by atoms with E-state index < -0.39 is 0 Å². The number of nitrogens with zero attached hydrogens (tertiary/aromatic N) is 3. The summed E-state index contributed by atoms with van der Waals surface area (Å²) < 4.78 is 2.22. The van der Waals surface area contributed by atoms with Crippen molar-refractivity contribution in [2.45, 2.75) is 24.0 Å². The van der Waals surface area contributed by atoms with Crippen LogP contribution in [0.25, 0.3) is 11.2 Å². The van der Waals surface area contributed by atoms with Crippen LogP contribution in [0, 0.1) is 0 Å². The highest BCUT2D eigenvalue weighted by molar-refractivity contribution is 7.98. The standard InChI is InChI=1S/C10H12N4S/c1-15-10-13-8-7(11)4-5-12-9(8)14(10)6-2-3-6/h4-6H,2-3H2,1H3,(H2,11,12). The van der Waals surface area contributed by atoms with Gasteiger partial charge in [-0.1, -0.05) is 11.8 Å². The highest BCUT2D eigenvalue weighted by Gasteiger charge is 2.28. The molecule has 0 unspecified atom stereocenters. The highest BCUT2D eigenvalue weighted by atomic mass is 32.2. The van der Waals surface area contributed by atoms with E-state index in [1.165, 1.54) is 12.8 Å². The van der Waals surface area contributed by atoms with E-state index >= 15 is 0 Å². The fourth-order valence-corrected chi connectivity index (χ4v) is 2.41. The van der Waals surface area contributed by atoms with Gasteiger partial charge in [-0.15, -0.1) is 0 Å². The molecular weight excluding hydrogens is 208 g/mol. The summed E-state index contributed by atoms with van der Waals surface area (Å²) >= 11 is 1.65. The molecule has 2 N–H and O–H groups in total. The Bertz CT molecular complexity index is 515. The van der Waals surface area contributed by atoms with E-state index in [1.807, 2.05) is 6.26 Å². The van der Waals surface area contributed by atoms with Gasteiger partial charge in [-0.3, -0.25) is 0 Å². The first-order chi connectivity index (χ1) is 7.31. The molecule has 0 atom stereocenters. The zero-order chi connectivity index (χ0) is 10.4. The summed E-state index contributed by atoms with van der Waals surface area (Å²) in [5.41, 5.74) is 8.38. The monoisotopic (exact) mass is 220 g/mol. The molecule has 0 bridgehead atoms. The largest absolute Gasteiger partial charge is 0.397 e. The maximum atomic E-state index is 5.89. The third kappa shape index (κ3) is 1.30. The molecule has 0 radical (unpaired) electrons. The number of nitrogen functional groups attached to an aromatic ring is 1. The van der Waals surface area contributed by atoms with Gasteiger partial charge in [-0.25, -0.2) is 9.97 Å². The van der Waals surface area contributed by atoms with Crippen molar-refractivity contribution in [1.29, 1.82) is 0 Å². The van der Waals surface area contributed by atoms with Crippen molar-refractivity contribution in [1.82, 2.24) is 14.5 Å². The van der Waals surface area contributed by atoms with Crippen molar-refractivity contribution in [2.75, 3.05) is 12.0 Å². The number of anilines is 1. The van der Waals surface area contributed by atoms with Crippen LogP contribution in [0.5, 0.6) is 0 Å². The number of aromatic nitrogens is 3. The van der Waals surface area contributed by atoms with Gasteiger partial charge in [-0.05, 0) is 25.2 Å². The van der Waals surface area contributed by atoms with Gasteiger partial charge < -0.3 is 10.3 Å². The summed E-state index contributed by atoms with van der Waals surface area (Å²) in [7, 11) is 0. The number of pyridine rings is 1. The highest BCUT2D eigenvalue weighted by Crippen LogP contribution is 2.40. The molecule has 1 aliphatic rings. The summed E-state index contributed by atoms with van der Waals surface area (Å²) in [6.45, 7) is 0. The summed E-state index contributed by atoms with van der Waals surface area (Å²) in [6.07, 6.45) is 6.25. The second-order valence-corrected chi connectivity index (χ2v) is 4.55. The van der Waals surface area contributed by atoms with E-state index in [1.54, 1.807) is 24.0 Å². The summed E-state index contributed by atoms with van der Waals surface area (Å²) in [6, 6.07) is 2.39. The average molecular weight is 220 g/mol. The minimum absolute atomic E-state index is 0.590. The number of rotatable bonds is 2. The van der Waals surface area contributed by atoms with Gasteiger partial charge in [0.2, 0.25) is 0 Å². The van der Waals surface area contributed by atoms with Crippen molar-refractivity contribution in [2.24, 2.45) is 0 Å². The molecule has 0 amide bonds. The number of thioether (sulfide) groups is 1. The summed E-state index contributed by atoms with van der Waals surface area (Å²) in [5.74, 6) is 0. The van der Waals surface area contributed by atoms with Gasteiger partial charge in [0.05, 0.1) is 5.69 Å². The van der Waals surface area contributed by atoms with E-state index in [-0.39, 0.29) is 0 Å². The maximum absolute atomic E-state index is 5.89. The number of hydrogen-bond acceptors (Lipinski definition) is 4. The van der Waals surface area contributed by atoms with E-state index in [0.29, 0.717) is 6.04 Å². The van der Waals surface area contributed by atoms with Crippen molar-refractivity contribution >= 4 is 28.6 Å². The van der Waals surface area contributed by atoms with Gasteiger partial charge in [0, 0.05) is 12.2 Å². The summed E-state index contributed by atoms with van der Waals surface area (Å²) in [5, 5.41) is 1.03. The van der Waals surface area contributed by atoms with Crippen molar-refractivity contribution < 1.29 is 0 Å². The minimum Gasteiger partial charge on any atom is -0.397 e. The zero-order valence-electron chi connectivity index (χ0n) is 8.47. The molecule has 0 aromatic carbocycles. The van der Waals surface area contributed by atoms with Crippen LogP contribution < -0.4 is 5.73 Å². The Morgan fingerprint density at radius 1 is 1.53 bits per heavy atom. The number of imidazole rings is 1. The lowest BCUT2D eigenvalue weighted by atomic mass is 10.4. The van der Waals surface area contributed by atoms with Crippen LogP contribution in [-0.2, 0) is 0 Å². The first-order valence-corrected chi connectivity index (χ1v) is 6.20. The minimum atomic E-state index is 0.590. The smallest absolute Gasteiger partial charge is 0.170 e. The molecule has 2 aromatic rings. The third-order valence-electron chi connectivity index (χ3n) is 2.67. The molecule has 1 saturated carbocycles. The van der Waals surface area contributed by atoms with Gasteiger partial charge in [-0.2, -0.15) is 0 Å². The van der Waals surface area contributed by atoms with Crippen LogP contribution in [0.1, 0.15) is 18.9 Å². The molecule has 2 heterocycles. The van der Waals surface area contributed by atoms with Gasteiger partial charge in [0.15, 0.2) is 10.8 Å². The first-order valence-electron chi connectivity index (χ1n) is 4.97. The van der Waals surface area contributed by atoms with Crippen LogP contribution in [0.3, 0.4) is 0 Å². The van der Waals surface area contributed by atoms with Gasteiger partial charge in [0.25, 0.3) is 0 Å². The lowest BCUT2D eigenvalue weighted by molar-refractivity contribution is 0.679. The van der Waals surface area contributed by atoms with Crippen LogP contribution >= 0.6 is 11.8 Å². The van der Waals surface area contributed by atoms with E-state index in [9.17, 15) is 0 Å². The van der Waals surface area contributed by atoms with E-state index in [2.05, 4.69) is 14.5 Å². The Morgan fingerprint density at radius 2 is 2.33 bits per heavy atom. The Morgan fingerprint density at radius 3 is 3.00 bits per heavy atom. The Balaban J connectivity index is 2.33. The molecule has 0 spiro atoms. The van der Waals surface area contributed by atoms with Crippen LogP contribution in [0.4, 0.5) is 5.69 Å². The predicted octanol–water partition coefficient (Wildman–Crippen LogP) is 2.07. The SMILES string of the molecule is CSc1nc2c(N)ccnc2n1C1CC1.